The second kappa shape index (κ2) is 5.50. The van der Waals surface area contributed by atoms with Gasteiger partial charge in [0.15, 0.2) is 0 Å². The topological polar surface area (TPSA) is 75.6 Å². The molecule has 0 radical (unpaired) electrons. The Balaban J connectivity index is 2.39. The molecule has 0 bridgehead atoms. The average Bonchev–Trinajstić information content (AvgIpc) is 2.38. The van der Waals surface area contributed by atoms with Crippen LogP contribution < -0.4 is 10.6 Å². The van der Waals surface area contributed by atoms with Crippen LogP contribution in [0, 0.1) is 15.9 Å². The molecule has 7 heteroatoms. The van der Waals surface area contributed by atoms with Crippen molar-refractivity contribution in [2.45, 2.75) is 6.04 Å². The minimum atomic E-state index is -0.485. The molecule has 1 aliphatic heterocycles. The first-order valence-electron chi connectivity index (χ1n) is 6.12. The van der Waals surface area contributed by atoms with Crippen molar-refractivity contribution in [3.05, 3.63) is 34.1 Å². The summed E-state index contributed by atoms with van der Waals surface area (Å²) in [4.78, 5) is 14.5. The number of benzene rings is 1. The largest absolute Gasteiger partial charge is 0.359 e. The number of nitro groups is 1. The Morgan fingerprint density at radius 1 is 1.53 bits per heavy atom. The Bertz CT molecular complexity index is 483. The lowest BCUT2D eigenvalue weighted by Gasteiger charge is -2.40. The van der Waals surface area contributed by atoms with Gasteiger partial charge >= 0.3 is 0 Å². The fraction of sp³-hybridized carbons (Fsp3) is 0.500. The molecule has 2 N–H and O–H groups in total. The maximum atomic E-state index is 13.4. The van der Waals surface area contributed by atoms with Crippen LogP contribution in [0.25, 0.3) is 0 Å². The number of hydrogen-bond acceptors (Lipinski definition) is 5. The number of likely N-dealkylation sites (N-methyl/N-ethyl adjacent to an activating group) is 1. The van der Waals surface area contributed by atoms with Gasteiger partial charge in [0.2, 0.25) is 0 Å². The van der Waals surface area contributed by atoms with Gasteiger partial charge in [-0.25, -0.2) is 4.39 Å². The van der Waals surface area contributed by atoms with Crippen LogP contribution in [-0.2, 0) is 0 Å². The first-order chi connectivity index (χ1) is 9.02. The summed E-state index contributed by atoms with van der Waals surface area (Å²) < 4.78 is 13.4. The zero-order valence-corrected chi connectivity index (χ0v) is 10.8. The van der Waals surface area contributed by atoms with E-state index < -0.39 is 10.7 Å². The molecule has 1 atom stereocenters. The van der Waals surface area contributed by atoms with E-state index in [4.69, 9.17) is 5.73 Å². The first-order valence-corrected chi connectivity index (χ1v) is 6.12. The number of piperazine rings is 1. The normalized spacial score (nSPS) is 20.6. The van der Waals surface area contributed by atoms with E-state index in [1.165, 1.54) is 12.1 Å². The van der Waals surface area contributed by atoms with Crippen LogP contribution in [0.1, 0.15) is 0 Å². The fourth-order valence-electron chi connectivity index (χ4n) is 2.41. The number of nitrogens with two attached hydrogens (primary N) is 1. The molecule has 1 saturated heterocycles. The van der Waals surface area contributed by atoms with Crippen LogP contribution in [0.15, 0.2) is 18.2 Å². The lowest BCUT2D eigenvalue weighted by atomic mass is 10.1. The maximum Gasteiger partial charge on any atom is 0.292 e. The summed E-state index contributed by atoms with van der Waals surface area (Å²) in [7, 11) is 1.97. The van der Waals surface area contributed by atoms with E-state index in [1.54, 1.807) is 0 Å². The van der Waals surface area contributed by atoms with Crippen LogP contribution in [0.2, 0.25) is 0 Å². The van der Waals surface area contributed by atoms with E-state index in [1.807, 2.05) is 11.9 Å². The minimum absolute atomic E-state index is 0.0424. The van der Waals surface area contributed by atoms with Crippen LogP contribution in [0.3, 0.4) is 0 Å². The summed E-state index contributed by atoms with van der Waals surface area (Å²) in [6, 6.07) is 3.48. The third-order valence-electron chi connectivity index (χ3n) is 3.40. The summed E-state index contributed by atoms with van der Waals surface area (Å²) in [6.07, 6.45) is 0. The van der Waals surface area contributed by atoms with Gasteiger partial charge < -0.3 is 15.5 Å². The Labute approximate surface area is 110 Å². The molecule has 0 amide bonds. The molecule has 1 fully saturated rings. The van der Waals surface area contributed by atoms with Crippen molar-refractivity contribution in [3.8, 4) is 0 Å². The van der Waals surface area contributed by atoms with Crippen molar-refractivity contribution in [3.63, 3.8) is 0 Å². The lowest BCUT2D eigenvalue weighted by Crippen LogP contribution is -2.55. The second-order valence-corrected chi connectivity index (χ2v) is 4.74. The van der Waals surface area contributed by atoms with Crippen LogP contribution in [0.5, 0.6) is 0 Å². The average molecular weight is 268 g/mol. The van der Waals surface area contributed by atoms with Gasteiger partial charge in [0.1, 0.15) is 11.5 Å². The highest BCUT2D eigenvalue weighted by molar-refractivity contribution is 5.64. The van der Waals surface area contributed by atoms with Gasteiger partial charge in [0, 0.05) is 38.3 Å². The van der Waals surface area contributed by atoms with E-state index in [2.05, 4.69) is 4.90 Å². The van der Waals surface area contributed by atoms with E-state index in [0.29, 0.717) is 25.3 Å². The molecule has 0 saturated carbocycles. The van der Waals surface area contributed by atoms with Crippen molar-refractivity contribution >= 4 is 11.4 Å². The van der Waals surface area contributed by atoms with Crippen LogP contribution >= 0.6 is 0 Å². The molecule has 0 aliphatic carbocycles. The SMILES string of the molecule is CN1CCN(c2cc(F)ccc2[N+](=O)[O-])C(CN)C1. The smallest absolute Gasteiger partial charge is 0.292 e. The Kier molecular flexibility index (Phi) is 3.96. The van der Waals surface area contributed by atoms with Gasteiger partial charge in [0.25, 0.3) is 5.69 Å². The van der Waals surface area contributed by atoms with Crippen molar-refractivity contribution < 1.29 is 9.31 Å². The van der Waals surface area contributed by atoms with Gasteiger partial charge in [0.05, 0.1) is 11.0 Å². The molecule has 1 aromatic rings. The van der Waals surface area contributed by atoms with Crippen LogP contribution in [-0.4, -0.2) is 49.1 Å². The number of hydrogen-bond donors (Lipinski definition) is 1. The van der Waals surface area contributed by atoms with E-state index >= 15 is 0 Å². The zero-order valence-electron chi connectivity index (χ0n) is 10.8. The fourth-order valence-corrected chi connectivity index (χ4v) is 2.41. The lowest BCUT2D eigenvalue weighted by molar-refractivity contribution is -0.384. The third-order valence-corrected chi connectivity index (χ3v) is 3.40. The van der Waals surface area contributed by atoms with Gasteiger partial charge in [-0.2, -0.15) is 0 Å². The molecule has 2 rings (SSSR count). The highest BCUT2D eigenvalue weighted by atomic mass is 19.1. The molecular weight excluding hydrogens is 251 g/mol. The quantitative estimate of drug-likeness (QED) is 0.648. The van der Waals surface area contributed by atoms with Gasteiger partial charge in [-0.3, -0.25) is 10.1 Å². The summed E-state index contributed by atoms with van der Waals surface area (Å²) in [5.41, 5.74) is 5.96. The highest BCUT2D eigenvalue weighted by Gasteiger charge is 2.29. The summed E-state index contributed by atoms with van der Waals surface area (Å²) in [6.45, 7) is 2.45. The molecule has 1 aromatic carbocycles. The molecule has 104 valence electrons. The predicted octanol–water partition coefficient (Wildman–Crippen LogP) is 0.813. The van der Waals surface area contributed by atoms with Crippen molar-refractivity contribution in [1.82, 2.24) is 4.90 Å². The zero-order chi connectivity index (χ0) is 14.0. The minimum Gasteiger partial charge on any atom is -0.359 e. The van der Waals surface area contributed by atoms with E-state index in [0.717, 1.165) is 12.6 Å². The Morgan fingerprint density at radius 3 is 2.89 bits per heavy atom. The monoisotopic (exact) mass is 268 g/mol. The Morgan fingerprint density at radius 2 is 2.26 bits per heavy atom. The molecule has 0 aromatic heterocycles. The van der Waals surface area contributed by atoms with Crippen molar-refractivity contribution in [2.75, 3.05) is 38.1 Å². The molecule has 6 nitrogen and oxygen atoms in total. The number of nitrogens with zero attached hydrogens (tertiary/aromatic N) is 3. The summed E-state index contributed by atoms with van der Waals surface area (Å²) >= 11 is 0. The van der Waals surface area contributed by atoms with Crippen LogP contribution in [0.4, 0.5) is 15.8 Å². The van der Waals surface area contributed by atoms with Gasteiger partial charge in [-0.1, -0.05) is 0 Å². The van der Waals surface area contributed by atoms with E-state index in [9.17, 15) is 14.5 Å². The van der Waals surface area contributed by atoms with E-state index in [-0.39, 0.29) is 11.7 Å². The molecule has 1 heterocycles. The summed E-state index contributed by atoms with van der Waals surface area (Å²) in [5.74, 6) is -0.477. The molecular formula is C12H17FN4O2. The Hall–Kier alpha value is -1.73. The van der Waals surface area contributed by atoms with Gasteiger partial charge in [-0.15, -0.1) is 0 Å². The predicted molar refractivity (Wildman–Crippen MR) is 70.7 cm³/mol. The molecule has 1 unspecified atom stereocenters. The number of halogens is 1. The summed E-state index contributed by atoms with van der Waals surface area (Å²) in [5, 5.41) is 11.0. The van der Waals surface area contributed by atoms with Crippen molar-refractivity contribution in [2.24, 2.45) is 5.73 Å². The standard InChI is InChI=1S/C12H17FN4O2/c1-15-4-5-16(10(7-14)8-15)12-6-9(13)2-3-11(12)17(18)19/h2-3,6,10H,4-5,7-8,14H2,1H3. The molecule has 19 heavy (non-hydrogen) atoms. The number of rotatable bonds is 3. The van der Waals surface area contributed by atoms with Crippen molar-refractivity contribution in [1.29, 1.82) is 0 Å². The molecule has 1 aliphatic rings. The first kappa shape index (κ1) is 13.7. The highest BCUT2D eigenvalue weighted by Crippen LogP contribution is 2.31. The number of nitro benzene ring substituents is 1. The van der Waals surface area contributed by atoms with Gasteiger partial charge in [-0.05, 0) is 13.1 Å². The molecule has 0 spiro atoms. The third kappa shape index (κ3) is 2.82. The number of anilines is 1. The maximum absolute atomic E-state index is 13.4. The second-order valence-electron chi connectivity index (χ2n) is 4.74.